The Balaban J connectivity index is 2.10. The number of amides is 1. The lowest BCUT2D eigenvalue weighted by atomic mass is 10.1. The number of aromatic nitrogens is 2. The van der Waals surface area contributed by atoms with Gasteiger partial charge in [0.25, 0.3) is 5.91 Å². The number of hydrogen-bond donors (Lipinski definition) is 3. The molecule has 1 amide bonds. The Labute approximate surface area is 148 Å². The Bertz CT molecular complexity index is 954. The Morgan fingerprint density at radius 2 is 1.96 bits per heavy atom. The van der Waals surface area contributed by atoms with Gasteiger partial charge in [-0.05, 0) is 17.9 Å². The van der Waals surface area contributed by atoms with Crippen molar-refractivity contribution in [1.82, 2.24) is 15.4 Å². The molecular weight excluding hydrogens is 340 g/mol. The molecule has 1 heterocycles. The molecule has 0 atom stereocenters. The number of aryl methyl sites for hydroxylation is 1. The minimum absolute atomic E-state index is 0.0326. The monoisotopic (exact) mass is 354 g/mol. The maximum atomic E-state index is 12.2. The van der Waals surface area contributed by atoms with Crippen molar-refractivity contribution in [3.05, 3.63) is 59.0 Å². The van der Waals surface area contributed by atoms with Crippen LogP contribution in [0, 0.1) is 5.53 Å². The summed E-state index contributed by atoms with van der Waals surface area (Å²) in [6.45, 7) is 1.87. The summed E-state index contributed by atoms with van der Waals surface area (Å²) >= 11 is 6.16. The highest BCUT2D eigenvalue weighted by Crippen LogP contribution is 2.28. The van der Waals surface area contributed by atoms with Crippen molar-refractivity contribution in [2.24, 2.45) is 5.22 Å². The molecule has 0 aliphatic heterocycles. The van der Waals surface area contributed by atoms with E-state index in [9.17, 15) is 4.79 Å². The van der Waals surface area contributed by atoms with Crippen LogP contribution in [0.15, 0.2) is 47.7 Å². The van der Waals surface area contributed by atoms with E-state index in [2.05, 4.69) is 25.9 Å². The van der Waals surface area contributed by atoms with Gasteiger partial charge in [0.05, 0.1) is 5.69 Å². The predicted octanol–water partition coefficient (Wildman–Crippen LogP) is 4.26. The minimum Gasteiger partial charge on any atom is -0.338 e. The molecule has 3 aromatic rings. The molecule has 0 bridgehead atoms. The Hall–Kier alpha value is -3.06. The normalized spacial score (nSPS) is 10.5. The van der Waals surface area contributed by atoms with Gasteiger partial charge in [0.15, 0.2) is 16.7 Å². The third-order valence-electron chi connectivity index (χ3n) is 3.67. The van der Waals surface area contributed by atoms with Crippen LogP contribution < -0.4 is 10.7 Å². The van der Waals surface area contributed by atoms with E-state index in [4.69, 9.17) is 17.1 Å². The molecule has 126 valence electrons. The van der Waals surface area contributed by atoms with Crippen LogP contribution in [0.4, 0.5) is 11.5 Å². The van der Waals surface area contributed by atoms with Crippen molar-refractivity contribution in [3.8, 4) is 0 Å². The lowest BCUT2D eigenvalue weighted by Gasteiger charge is -2.13. The van der Waals surface area contributed by atoms with Crippen LogP contribution >= 0.6 is 11.6 Å². The summed E-state index contributed by atoms with van der Waals surface area (Å²) in [6.07, 6.45) is 0.526. The van der Waals surface area contributed by atoms with E-state index in [1.807, 2.05) is 49.4 Å². The molecule has 3 rings (SSSR count). The fourth-order valence-electron chi connectivity index (χ4n) is 2.49. The van der Waals surface area contributed by atoms with Gasteiger partial charge in [0.1, 0.15) is 0 Å². The second kappa shape index (κ2) is 7.23. The molecule has 0 unspecified atom stereocenters. The van der Waals surface area contributed by atoms with Crippen molar-refractivity contribution in [1.29, 1.82) is 5.53 Å². The molecular formula is C17H15ClN6O. The molecule has 0 aliphatic carbocycles. The SMILES string of the molecule is CCc1nc(C(=O)NN=N)c(Nc2cccc3ccccc23)nc1Cl. The van der Waals surface area contributed by atoms with Gasteiger partial charge in [0, 0.05) is 11.1 Å². The third-order valence-corrected chi connectivity index (χ3v) is 3.97. The number of nitrogens with one attached hydrogen (secondary N) is 3. The van der Waals surface area contributed by atoms with Crippen molar-refractivity contribution in [2.75, 3.05) is 5.32 Å². The number of rotatable bonds is 5. The van der Waals surface area contributed by atoms with Crippen LogP contribution in [0.1, 0.15) is 23.1 Å². The summed E-state index contributed by atoms with van der Waals surface area (Å²) in [5, 5.41) is 8.28. The van der Waals surface area contributed by atoms with E-state index in [0.717, 1.165) is 16.5 Å². The first-order valence-corrected chi connectivity index (χ1v) is 7.99. The van der Waals surface area contributed by atoms with Gasteiger partial charge >= 0.3 is 0 Å². The lowest BCUT2D eigenvalue weighted by Crippen LogP contribution is -2.21. The smallest absolute Gasteiger partial charge is 0.295 e. The van der Waals surface area contributed by atoms with Gasteiger partial charge in [-0.2, -0.15) is 5.53 Å². The topological polar surface area (TPSA) is 103 Å². The first-order valence-electron chi connectivity index (χ1n) is 7.62. The number of hydrogen-bond acceptors (Lipinski definition) is 6. The van der Waals surface area contributed by atoms with Gasteiger partial charge in [-0.15, -0.1) is 0 Å². The molecule has 0 spiro atoms. The van der Waals surface area contributed by atoms with Crippen molar-refractivity contribution >= 4 is 39.8 Å². The number of carbonyl (C=O) groups excluding carboxylic acids is 1. The molecule has 0 aliphatic rings. The number of carbonyl (C=O) groups is 1. The van der Waals surface area contributed by atoms with Crippen LogP contribution in [0.5, 0.6) is 0 Å². The van der Waals surface area contributed by atoms with Crippen LogP contribution in [-0.4, -0.2) is 15.9 Å². The second-order valence-electron chi connectivity index (χ2n) is 5.22. The van der Waals surface area contributed by atoms with Crippen LogP contribution in [0.3, 0.4) is 0 Å². The van der Waals surface area contributed by atoms with Gasteiger partial charge in [-0.25, -0.2) is 15.4 Å². The summed E-state index contributed by atoms with van der Waals surface area (Å²) in [6, 6.07) is 13.6. The van der Waals surface area contributed by atoms with Crippen LogP contribution in [0.25, 0.3) is 10.8 Å². The standard InChI is InChI=1S/C17H15ClN6O/c1-2-12-15(18)22-16(14(20-12)17(25)23-24-19)21-13-9-5-7-10-6-3-4-8-11(10)13/h3-9H,2H2,1H3,(H,21,22)(H2,19,23,25). The molecule has 0 saturated carbocycles. The Kier molecular flexibility index (Phi) is 4.85. The maximum absolute atomic E-state index is 12.2. The molecule has 8 heteroatoms. The Morgan fingerprint density at radius 1 is 1.20 bits per heavy atom. The predicted molar refractivity (Wildman–Crippen MR) is 96.3 cm³/mol. The largest absolute Gasteiger partial charge is 0.338 e. The summed E-state index contributed by atoms with van der Waals surface area (Å²) in [4.78, 5) is 20.7. The first kappa shape index (κ1) is 16.8. The van der Waals surface area contributed by atoms with Crippen molar-refractivity contribution in [3.63, 3.8) is 0 Å². The average Bonchev–Trinajstić information content (AvgIpc) is 2.62. The maximum Gasteiger partial charge on any atom is 0.295 e. The first-order chi connectivity index (χ1) is 12.1. The highest BCUT2D eigenvalue weighted by atomic mass is 35.5. The van der Waals surface area contributed by atoms with E-state index >= 15 is 0 Å². The summed E-state index contributed by atoms with van der Waals surface area (Å²) < 4.78 is 0. The van der Waals surface area contributed by atoms with Crippen LogP contribution in [0.2, 0.25) is 5.15 Å². The van der Waals surface area contributed by atoms with Gasteiger partial charge in [-0.1, -0.05) is 60.1 Å². The number of fused-ring (bicyclic) bond motifs is 1. The highest BCUT2D eigenvalue weighted by Gasteiger charge is 2.19. The van der Waals surface area contributed by atoms with Gasteiger partial charge in [-0.3, -0.25) is 4.79 Å². The number of nitrogens with zero attached hydrogens (tertiary/aromatic N) is 3. The highest BCUT2D eigenvalue weighted by molar-refractivity contribution is 6.30. The van der Waals surface area contributed by atoms with E-state index in [0.29, 0.717) is 12.1 Å². The zero-order chi connectivity index (χ0) is 17.8. The summed E-state index contributed by atoms with van der Waals surface area (Å²) in [5.74, 6) is -0.420. The van der Waals surface area contributed by atoms with Crippen LogP contribution in [-0.2, 0) is 6.42 Å². The van der Waals surface area contributed by atoms with Crippen molar-refractivity contribution < 1.29 is 4.79 Å². The van der Waals surface area contributed by atoms with Gasteiger partial charge < -0.3 is 5.32 Å². The molecule has 1 aromatic heterocycles. The van der Waals surface area contributed by atoms with E-state index in [-0.39, 0.29) is 16.7 Å². The molecule has 3 N–H and O–H groups in total. The van der Waals surface area contributed by atoms with Crippen molar-refractivity contribution in [2.45, 2.75) is 13.3 Å². The summed E-state index contributed by atoms with van der Waals surface area (Å²) in [5.41, 5.74) is 10.2. The number of anilines is 2. The minimum atomic E-state index is -0.628. The van der Waals surface area contributed by atoms with Gasteiger partial charge in [0.2, 0.25) is 0 Å². The van der Waals surface area contributed by atoms with E-state index in [1.54, 1.807) is 0 Å². The molecule has 2 aromatic carbocycles. The lowest BCUT2D eigenvalue weighted by molar-refractivity contribution is 0.0946. The molecule has 25 heavy (non-hydrogen) atoms. The molecule has 0 saturated heterocycles. The van der Waals surface area contributed by atoms with E-state index in [1.165, 1.54) is 0 Å². The zero-order valence-electron chi connectivity index (χ0n) is 13.4. The average molecular weight is 355 g/mol. The van der Waals surface area contributed by atoms with E-state index < -0.39 is 5.91 Å². The summed E-state index contributed by atoms with van der Waals surface area (Å²) in [7, 11) is 0. The molecule has 0 fully saturated rings. The second-order valence-corrected chi connectivity index (χ2v) is 5.57. The molecule has 7 nitrogen and oxygen atoms in total. The fraction of sp³-hybridized carbons (Fsp3) is 0.118. The quantitative estimate of drug-likeness (QED) is 0.470. The molecule has 0 radical (unpaired) electrons. The fourth-order valence-corrected chi connectivity index (χ4v) is 2.75. The number of benzene rings is 2. The zero-order valence-corrected chi connectivity index (χ0v) is 14.1. The Morgan fingerprint density at radius 3 is 2.72 bits per heavy atom. The number of halogens is 1. The third kappa shape index (κ3) is 3.41.